The first kappa shape index (κ1) is 29.5. The number of nitrogens with one attached hydrogen (secondary N) is 1. The molecule has 1 heterocycles. The van der Waals surface area contributed by atoms with Crippen molar-refractivity contribution in [3.05, 3.63) is 89.0 Å². The topological polar surface area (TPSA) is 107 Å². The van der Waals surface area contributed by atoms with Gasteiger partial charge in [-0.2, -0.15) is 5.10 Å². The Kier molecular flexibility index (Phi) is 9.56. The number of amidine groups is 2. The normalized spacial score (nSPS) is 15.5. The van der Waals surface area contributed by atoms with E-state index in [1.54, 1.807) is 23.2 Å². The molecule has 1 aliphatic heterocycles. The molecule has 0 bridgehead atoms. The number of alkyl halides is 3. The zero-order chi connectivity index (χ0) is 29.4. The standard InChI is InChI=1S/C29H27F3N6O2S/c1-3-5-21-7-4-6-19(2)26(21)38-25(39)17-41-28(38)37-36-16-20-8-10-22(11-9-20)27(33)35-18-34-23-12-14-24(15-13-23)40-29(30,31)32/h4,6-16,18H,3,5,17H2,1-2H3,(H2,33,34,35)/p+1/b36-16+,37-28-. The summed E-state index contributed by atoms with van der Waals surface area (Å²) in [6.07, 6.45) is 0.0205. The van der Waals surface area contributed by atoms with E-state index in [1.807, 2.05) is 37.3 Å². The van der Waals surface area contributed by atoms with E-state index in [2.05, 4.69) is 31.8 Å². The number of rotatable bonds is 9. The van der Waals surface area contributed by atoms with Crippen molar-refractivity contribution in [2.45, 2.75) is 33.1 Å². The monoisotopic (exact) mass is 581 g/mol. The number of nitrogens with zero attached hydrogens (tertiary/aromatic N) is 4. The predicted octanol–water partition coefficient (Wildman–Crippen LogP) is 4.46. The minimum Gasteiger partial charge on any atom is -0.406 e. The Morgan fingerprint density at radius 1 is 1.12 bits per heavy atom. The first-order chi connectivity index (χ1) is 19.6. The van der Waals surface area contributed by atoms with Crippen molar-refractivity contribution in [2.75, 3.05) is 10.7 Å². The average Bonchev–Trinajstić information content (AvgIpc) is 3.29. The summed E-state index contributed by atoms with van der Waals surface area (Å²) in [5.41, 5.74) is 11.0. The third kappa shape index (κ3) is 8.04. The molecule has 0 spiro atoms. The van der Waals surface area contributed by atoms with Crippen molar-refractivity contribution in [3.8, 4) is 5.75 Å². The summed E-state index contributed by atoms with van der Waals surface area (Å²) >= 11 is 1.36. The highest BCUT2D eigenvalue weighted by molar-refractivity contribution is 8.15. The van der Waals surface area contributed by atoms with Gasteiger partial charge < -0.3 is 10.5 Å². The maximum Gasteiger partial charge on any atom is 0.573 e. The van der Waals surface area contributed by atoms with Gasteiger partial charge in [0.2, 0.25) is 18.1 Å². The second-order valence-corrected chi connectivity index (χ2v) is 9.90. The molecule has 0 unspecified atom stereocenters. The third-order valence-corrected chi connectivity index (χ3v) is 6.82. The van der Waals surface area contributed by atoms with Crippen molar-refractivity contribution in [1.82, 2.24) is 0 Å². The molecule has 4 rings (SSSR count). The second-order valence-electron chi connectivity index (χ2n) is 8.96. The zero-order valence-corrected chi connectivity index (χ0v) is 23.2. The van der Waals surface area contributed by atoms with Gasteiger partial charge in [0.1, 0.15) is 11.4 Å². The quantitative estimate of drug-likeness (QED) is 0.221. The Morgan fingerprint density at radius 2 is 1.85 bits per heavy atom. The van der Waals surface area contributed by atoms with Crippen LogP contribution in [0.5, 0.6) is 5.75 Å². The van der Waals surface area contributed by atoms with E-state index in [9.17, 15) is 18.0 Å². The molecule has 0 aliphatic carbocycles. The van der Waals surface area contributed by atoms with Crippen LogP contribution in [-0.4, -0.2) is 41.6 Å². The number of nitrogen functional groups attached to an aromatic ring is 1. The fourth-order valence-corrected chi connectivity index (χ4v) is 4.86. The van der Waals surface area contributed by atoms with E-state index in [0.29, 0.717) is 28.0 Å². The van der Waals surface area contributed by atoms with Crippen LogP contribution in [0.3, 0.4) is 0 Å². The smallest absolute Gasteiger partial charge is 0.406 e. The van der Waals surface area contributed by atoms with Crippen LogP contribution >= 0.6 is 11.8 Å². The number of nitrogens with two attached hydrogens (primary N) is 1. The molecule has 12 heteroatoms. The molecule has 0 aromatic heterocycles. The Morgan fingerprint density at radius 3 is 2.54 bits per heavy atom. The molecule has 3 aromatic carbocycles. The molecule has 3 aromatic rings. The molecule has 212 valence electrons. The molecule has 3 N–H and O–H groups in total. The van der Waals surface area contributed by atoms with Gasteiger partial charge in [-0.3, -0.25) is 9.69 Å². The molecule has 1 amide bonds. The van der Waals surface area contributed by atoms with Gasteiger partial charge in [-0.25, -0.2) is 4.99 Å². The van der Waals surface area contributed by atoms with E-state index >= 15 is 0 Å². The second kappa shape index (κ2) is 13.3. The van der Waals surface area contributed by atoms with Gasteiger partial charge >= 0.3 is 6.36 Å². The number of ether oxygens (including phenoxy) is 1. The lowest BCUT2D eigenvalue weighted by Crippen LogP contribution is -2.74. The van der Waals surface area contributed by atoms with Crippen LogP contribution in [0.25, 0.3) is 0 Å². The molecule has 1 saturated heterocycles. The SMILES string of the molecule is CCCc1cccc(C)c1N1C(=O)CS/C1=N\N=C\c1ccc(C(N)=[NH+]C=Nc2ccc(OC(F)(F)F)cc2)cc1. The van der Waals surface area contributed by atoms with Crippen LogP contribution in [0, 0.1) is 6.92 Å². The van der Waals surface area contributed by atoms with Crippen LogP contribution in [-0.2, 0) is 11.2 Å². The number of halogens is 3. The Hall–Kier alpha value is -4.45. The van der Waals surface area contributed by atoms with Crippen LogP contribution in [0.1, 0.15) is 35.6 Å². The molecule has 0 radical (unpaired) electrons. The van der Waals surface area contributed by atoms with Crippen LogP contribution in [0.4, 0.5) is 24.5 Å². The third-order valence-electron chi connectivity index (χ3n) is 5.91. The number of amides is 1. The van der Waals surface area contributed by atoms with Crippen LogP contribution in [0.2, 0.25) is 0 Å². The Balaban J connectivity index is 1.41. The van der Waals surface area contributed by atoms with E-state index in [1.165, 1.54) is 42.4 Å². The van der Waals surface area contributed by atoms with Crippen molar-refractivity contribution in [1.29, 1.82) is 0 Å². The van der Waals surface area contributed by atoms with E-state index in [4.69, 9.17) is 5.73 Å². The molecule has 8 nitrogen and oxygen atoms in total. The van der Waals surface area contributed by atoms with Crippen molar-refractivity contribution in [3.63, 3.8) is 0 Å². The lowest BCUT2D eigenvalue weighted by molar-refractivity contribution is -0.303. The number of carbonyl (C=O) groups is 1. The van der Waals surface area contributed by atoms with E-state index < -0.39 is 6.36 Å². The van der Waals surface area contributed by atoms with Crippen molar-refractivity contribution < 1.29 is 27.7 Å². The molecule has 1 fully saturated rings. The first-order valence-corrected chi connectivity index (χ1v) is 13.7. The fraction of sp³-hybridized carbons (Fsp3) is 0.207. The molecule has 0 atom stereocenters. The molecular weight excluding hydrogens is 553 g/mol. The molecule has 41 heavy (non-hydrogen) atoms. The largest absolute Gasteiger partial charge is 0.573 e. The summed E-state index contributed by atoms with van der Waals surface area (Å²) in [6, 6.07) is 18.4. The summed E-state index contributed by atoms with van der Waals surface area (Å²) in [6.45, 7) is 4.10. The summed E-state index contributed by atoms with van der Waals surface area (Å²) < 4.78 is 40.6. The molecule has 1 aliphatic rings. The Labute approximate surface area is 239 Å². The number of benzene rings is 3. The number of hydrogen-bond donors (Lipinski definition) is 2. The highest BCUT2D eigenvalue weighted by Gasteiger charge is 2.32. The number of aryl methyl sites for hydroxylation is 2. The minimum absolute atomic E-state index is 0.0190. The number of carbonyl (C=O) groups excluding carboxylic acids is 1. The highest BCUT2D eigenvalue weighted by atomic mass is 32.2. The highest BCUT2D eigenvalue weighted by Crippen LogP contribution is 2.33. The van der Waals surface area contributed by atoms with E-state index in [0.717, 1.165) is 35.2 Å². The van der Waals surface area contributed by atoms with Gasteiger partial charge in [-0.1, -0.05) is 55.4 Å². The molecular formula is C29H28F3N6O2S+. The summed E-state index contributed by atoms with van der Waals surface area (Å²) in [4.78, 5) is 21.4. The summed E-state index contributed by atoms with van der Waals surface area (Å²) in [7, 11) is 0. The summed E-state index contributed by atoms with van der Waals surface area (Å²) in [5, 5.41) is 9.11. The van der Waals surface area contributed by atoms with E-state index in [-0.39, 0.29) is 11.7 Å². The minimum atomic E-state index is -4.75. The number of thioether (sulfide) groups is 1. The van der Waals surface area contributed by atoms with Crippen molar-refractivity contribution >= 4 is 52.6 Å². The predicted molar refractivity (Wildman–Crippen MR) is 157 cm³/mol. The van der Waals surface area contributed by atoms with Gasteiger partial charge in [0.05, 0.1) is 17.7 Å². The maximum absolute atomic E-state index is 12.7. The Bertz CT molecular complexity index is 1500. The first-order valence-electron chi connectivity index (χ1n) is 12.7. The average molecular weight is 582 g/mol. The van der Waals surface area contributed by atoms with Gasteiger partial charge in [0, 0.05) is 5.56 Å². The van der Waals surface area contributed by atoms with Gasteiger partial charge in [0.25, 0.3) is 0 Å². The van der Waals surface area contributed by atoms with Crippen molar-refractivity contribution in [2.24, 2.45) is 20.9 Å². The fourth-order valence-electron chi connectivity index (χ4n) is 4.05. The number of aliphatic imine (C=N–C) groups is 1. The summed E-state index contributed by atoms with van der Waals surface area (Å²) in [5.74, 6) is 0.291. The maximum atomic E-state index is 12.7. The number of anilines is 1. The number of hydrogen-bond acceptors (Lipinski definition) is 6. The zero-order valence-electron chi connectivity index (χ0n) is 22.4. The molecule has 0 saturated carbocycles. The number of para-hydroxylation sites is 1. The van der Waals surface area contributed by atoms with Gasteiger partial charge in [-0.15, -0.1) is 23.3 Å². The van der Waals surface area contributed by atoms with Crippen LogP contribution in [0.15, 0.2) is 81.9 Å². The lowest BCUT2D eigenvalue weighted by Gasteiger charge is -2.21. The van der Waals surface area contributed by atoms with Crippen LogP contribution < -0.4 is 20.4 Å². The van der Waals surface area contributed by atoms with Gasteiger partial charge in [-0.05, 0) is 66.4 Å². The van der Waals surface area contributed by atoms with Gasteiger partial charge in [0.15, 0.2) is 5.17 Å². The lowest BCUT2D eigenvalue weighted by atomic mass is 10.0.